The molecule has 0 atom stereocenters. The lowest BCUT2D eigenvalue weighted by Gasteiger charge is -2.07. The van der Waals surface area contributed by atoms with Crippen molar-refractivity contribution in [1.29, 1.82) is 0 Å². The minimum Gasteiger partial charge on any atom is -0.398 e. The molecule has 0 radical (unpaired) electrons. The summed E-state index contributed by atoms with van der Waals surface area (Å²) in [5, 5.41) is 0. The van der Waals surface area contributed by atoms with E-state index in [-0.39, 0.29) is 16.3 Å². The Hall–Kier alpha value is -1.95. The van der Waals surface area contributed by atoms with E-state index in [1.54, 1.807) is 0 Å². The molecule has 6 heteroatoms. The van der Waals surface area contributed by atoms with Gasteiger partial charge in [0.25, 0.3) is 0 Å². The van der Waals surface area contributed by atoms with Crippen molar-refractivity contribution in [2.45, 2.75) is 10.6 Å². The van der Waals surface area contributed by atoms with Crippen molar-refractivity contribution in [2.24, 2.45) is 0 Å². The molecule has 19 heavy (non-hydrogen) atoms. The minimum atomic E-state index is -3.69. The van der Waals surface area contributed by atoms with Gasteiger partial charge in [-0.1, -0.05) is 12.1 Å². The number of hydrogen-bond acceptors (Lipinski definition) is 3. The number of nitrogen functional groups attached to an aromatic ring is 1. The first kappa shape index (κ1) is 13.5. The third-order valence-electron chi connectivity index (χ3n) is 2.58. The molecule has 0 saturated heterocycles. The lowest BCUT2D eigenvalue weighted by atomic mass is 10.2. The Labute approximate surface area is 109 Å². The van der Waals surface area contributed by atoms with E-state index in [4.69, 9.17) is 5.73 Å². The molecule has 0 aliphatic carbocycles. The fraction of sp³-hybridized carbons (Fsp3) is 0.0769. The molecule has 0 spiro atoms. The maximum atomic E-state index is 12.9. The van der Waals surface area contributed by atoms with Crippen LogP contribution in [0.1, 0.15) is 5.56 Å². The quantitative estimate of drug-likeness (QED) is 0.695. The van der Waals surface area contributed by atoms with E-state index < -0.39 is 21.5 Å². The second-order valence-corrected chi connectivity index (χ2v) is 6.03. The molecule has 2 rings (SSSR count). The smallest absolute Gasteiger partial charge is 0.184 e. The molecule has 2 aromatic carbocycles. The summed E-state index contributed by atoms with van der Waals surface area (Å²) in [5.74, 6) is -1.36. The van der Waals surface area contributed by atoms with Gasteiger partial charge < -0.3 is 5.73 Å². The van der Waals surface area contributed by atoms with Gasteiger partial charge in [0.2, 0.25) is 0 Å². The van der Waals surface area contributed by atoms with Crippen LogP contribution in [0.15, 0.2) is 47.4 Å². The van der Waals surface area contributed by atoms with Gasteiger partial charge in [0.15, 0.2) is 9.84 Å². The molecule has 3 nitrogen and oxygen atoms in total. The number of rotatable bonds is 3. The second kappa shape index (κ2) is 4.97. The number of anilines is 1. The molecule has 0 amide bonds. The summed E-state index contributed by atoms with van der Waals surface area (Å²) < 4.78 is 49.9. The highest BCUT2D eigenvalue weighted by Gasteiger charge is 2.18. The van der Waals surface area contributed by atoms with Crippen molar-refractivity contribution in [3.63, 3.8) is 0 Å². The van der Waals surface area contributed by atoms with Crippen molar-refractivity contribution < 1.29 is 17.2 Å². The van der Waals surface area contributed by atoms with E-state index in [1.165, 1.54) is 24.3 Å². The van der Waals surface area contributed by atoms with Gasteiger partial charge in [-0.2, -0.15) is 0 Å². The van der Waals surface area contributed by atoms with Crippen LogP contribution >= 0.6 is 0 Å². The first-order valence-corrected chi connectivity index (χ1v) is 7.06. The number of nitrogens with two attached hydrogens (primary N) is 1. The Morgan fingerprint density at radius 2 is 1.53 bits per heavy atom. The largest absolute Gasteiger partial charge is 0.398 e. The Kier molecular flexibility index (Phi) is 3.53. The maximum absolute atomic E-state index is 12.9. The molecular weight excluding hydrogens is 272 g/mol. The number of halogens is 2. The molecule has 0 saturated carbocycles. The fourth-order valence-electron chi connectivity index (χ4n) is 1.68. The molecule has 0 aromatic heterocycles. The van der Waals surface area contributed by atoms with Crippen LogP contribution in [0.5, 0.6) is 0 Å². The third-order valence-corrected chi connectivity index (χ3v) is 4.33. The molecule has 2 N–H and O–H groups in total. The molecule has 0 bridgehead atoms. The summed E-state index contributed by atoms with van der Waals surface area (Å²) in [6.07, 6.45) is 0. The van der Waals surface area contributed by atoms with Gasteiger partial charge in [-0.3, -0.25) is 0 Å². The van der Waals surface area contributed by atoms with Crippen LogP contribution in [0.3, 0.4) is 0 Å². The average molecular weight is 283 g/mol. The summed E-state index contributed by atoms with van der Waals surface area (Å²) in [6, 6.07) is 8.24. The van der Waals surface area contributed by atoms with Crippen LogP contribution in [-0.2, 0) is 15.6 Å². The Bertz CT molecular complexity index is 697. The van der Waals surface area contributed by atoms with E-state index in [0.717, 1.165) is 18.2 Å². The van der Waals surface area contributed by atoms with Gasteiger partial charge in [-0.05, 0) is 35.9 Å². The zero-order valence-corrected chi connectivity index (χ0v) is 10.6. The van der Waals surface area contributed by atoms with Crippen molar-refractivity contribution in [1.82, 2.24) is 0 Å². The van der Waals surface area contributed by atoms with Crippen molar-refractivity contribution >= 4 is 15.5 Å². The summed E-state index contributed by atoms with van der Waals surface area (Å²) >= 11 is 0. The summed E-state index contributed by atoms with van der Waals surface area (Å²) in [4.78, 5) is -0.127. The summed E-state index contributed by atoms with van der Waals surface area (Å²) in [5.41, 5.74) is 5.80. The predicted octanol–water partition coefficient (Wildman–Crippen LogP) is 2.52. The fourth-order valence-corrected chi connectivity index (χ4v) is 3.16. The van der Waals surface area contributed by atoms with Crippen LogP contribution in [0, 0.1) is 11.6 Å². The number of benzene rings is 2. The van der Waals surface area contributed by atoms with E-state index in [1.807, 2.05) is 0 Å². The monoisotopic (exact) mass is 283 g/mol. The van der Waals surface area contributed by atoms with Gasteiger partial charge >= 0.3 is 0 Å². The van der Waals surface area contributed by atoms with Crippen LogP contribution in [-0.4, -0.2) is 8.42 Å². The van der Waals surface area contributed by atoms with Crippen LogP contribution in [0.2, 0.25) is 0 Å². The lowest BCUT2D eigenvalue weighted by Crippen LogP contribution is -2.08. The molecule has 0 aliphatic rings. The van der Waals surface area contributed by atoms with Crippen LogP contribution in [0.4, 0.5) is 14.5 Å². The Morgan fingerprint density at radius 3 is 2.11 bits per heavy atom. The molecule has 0 fully saturated rings. The zero-order valence-electron chi connectivity index (χ0n) is 9.81. The van der Waals surface area contributed by atoms with Crippen LogP contribution in [0.25, 0.3) is 0 Å². The predicted molar refractivity (Wildman–Crippen MR) is 68.1 cm³/mol. The highest BCUT2D eigenvalue weighted by atomic mass is 32.2. The molecular formula is C13H11F2NO2S. The normalized spacial score (nSPS) is 11.5. The molecule has 0 heterocycles. The van der Waals surface area contributed by atoms with Gasteiger partial charge in [-0.15, -0.1) is 0 Å². The van der Waals surface area contributed by atoms with Crippen LogP contribution < -0.4 is 5.73 Å². The van der Waals surface area contributed by atoms with Gasteiger partial charge in [-0.25, -0.2) is 17.2 Å². The highest BCUT2D eigenvalue weighted by molar-refractivity contribution is 7.90. The summed E-state index contributed by atoms with van der Waals surface area (Å²) in [7, 11) is -3.69. The van der Waals surface area contributed by atoms with Crippen molar-refractivity contribution in [3.8, 4) is 0 Å². The lowest BCUT2D eigenvalue weighted by molar-refractivity contribution is 0.594. The van der Waals surface area contributed by atoms with E-state index in [0.29, 0.717) is 5.56 Å². The Balaban J connectivity index is 2.35. The average Bonchev–Trinajstić information content (AvgIpc) is 2.31. The van der Waals surface area contributed by atoms with Gasteiger partial charge in [0.1, 0.15) is 11.6 Å². The Morgan fingerprint density at radius 1 is 0.947 bits per heavy atom. The minimum absolute atomic E-state index is 0.127. The number of sulfone groups is 1. The zero-order chi connectivity index (χ0) is 14.0. The molecule has 2 aromatic rings. The van der Waals surface area contributed by atoms with Gasteiger partial charge in [0.05, 0.1) is 16.3 Å². The standard InChI is InChI=1S/C13H11F2NO2S/c14-10-3-1-9(2-4-10)8-19(17,18)13-6-5-11(15)7-12(13)16/h1-7H,8,16H2. The van der Waals surface area contributed by atoms with E-state index >= 15 is 0 Å². The van der Waals surface area contributed by atoms with E-state index in [9.17, 15) is 17.2 Å². The van der Waals surface area contributed by atoms with E-state index in [2.05, 4.69) is 0 Å². The highest BCUT2D eigenvalue weighted by Crippen LogP contribution is 2.23. The molecule has 0 unspecified atom stereocenters. The second-order valence-electron chi connectivity index (χ2n) is 4.07. The first-order chi connectivity index (χ1) is 8.88. The van der Waals surface area contributed by atoms with Crippen molar-refractivity contribution in [2.75, 3.05) is 5.73 Å². The molecule has 100 valence electrons. The third kappa shape index (κ3) is 3.08. The topological polar surface area (TPSA) is 60.2 Å². The summed E-state index contributed by atoms with van der Waals surface area (Å²) in [6.45, 7) is 0. The molecule has 0 aliphatic heterocycles. The SMILES string of the molecule is Nc1cc(F)ccc1S(=O)(=O)Cc1ccc(F)cc1. The number of hydrogen-bond donors (Lipinski definition) is 1. The first-order valence-electron chi connectivity index (χ1n) is 5.41. The van der Waals surface area contributed by atoms with Crippen molar-refractivity contribution in [3.05, 3.63) is 59.7 Å². The van der Waals surface area contributed by atoms with Gasteiger partial charge in [0, 0.05) is 0 Å². The maximum Gasteiger partial charge on any atom is 0.184 e.